The minimum absolute atomic E-state index is 0.0612. The SMILES string of the molecule is COC[C@@]1(N)[C@H](S(=O)(=O)c2ccc(Cl)cc2)[C@@H]1c1cccc(F)c1. The van der Waals surface area contributed by atoms with Crippen molar-refractivity contribution in [3.63, 3.8) is 0 Å². The van der Waals surface area contributed by atoms with Crippen molar-refractivity contribution in [3.05, 3.63) is 64.9 Å². The Labute approximate surface area is 145 Å². The molecule has 1 aliphatic rings. The molecule has 0 amide bonds. The van der Waals surface area contributed by atoms with E-state index in [0.29, 0.717) is 10.6 Å². The predicted molar refractivity (Wildman–Crippen MR) is 90.4 cm³/mol. The first-order valence-corrected chi connectivity index (χ1v) is 9.26. The van der Waals surface area contributed by atoms with Gasteiger partial charge in [-0.1, -0.05) is 23.7 Å². The van der Waals surface area contributed by atoms with Crippen LogP contribution in [-0.4, -0.2) is 32.9 Å². The molecule has 0 radical (unpaired) electrons. The first-order chi connectivity index (χ1) is 11.3. The third-order valence-corrected chi connectivity index (χ3v) is 6.94. The number of sulfone groups is 1. The van der Waals surface area contributed by atoms with Crippen LogP contribution in [0.25, 0.3) is 0 Å². The normalized spacial score (nSPS) is 26.3. The molecule has 1 saturated carbocycles. The number of nitrogens with two attached hydrogens (primary N) is 1. The van der Waals surface area contributed by atoms with Crippen molar-refractivity contribution in [1.82, 2.24) is 0 Å². The second-order valence-electron chi connectivity index (χ2n) is 6.00. The highest BCUT2D eigenvalue weighted by Gasteiger charge is 2.69. The van der Waals surface area contributed by atoms with Crippen LogP contribution in [0.1, 0.15) is 11.5 Å². The fraction of sp³-hybridized carbons (Fsp3) is 0.294. The van der Waals surface area contributed by atoms with Crippen molar-refractivity contribution in [3.8, 4) is 0 Å². The molecule has 1 aliphatic carbocycles. The average Bonchev–Trinajstić information content (AvgIpc) is 3.14. The van der Waals surface area contributed by atoms with Crippen LogP contribution < -0.4 is 5.73 Å². The fourth-order valence-corrected chi connectivity index (χ4v) is 5.69. The molecule has 2 aromatic rings. The lowest BCUT2D eigenvalue weighted by Gasteiger charge is -2.11. The maximum Gasteiger partial charge on any atom is 0.183 e. The molecule has 7 heteroatoms. The first-order valence-electron chi connectivity index (χ1n) is 7.33. The van der Waals surface area contributed by atoms with Crippen molar-refractivity contribution < 1.29 is 17.5 Å². The molecule has 0 heterocycles. The lowest BCUT2D eigenvalue weighted by Crippen LogP contribution is -2.35. The van der Waals surface area contributed by atoms with Gasteiger partial charge in [0.25, 0.3) is 0 Å². The summed E-state index contributed by atoms with van der Waals surface area (Å²) in [7, 11) is -2.25. The van der Waals surface area contributed by atoms with Crippen LogP contribution in [0.4, 0.5) is 4.39 Å². The van der Waals surface area contributed by atoms with E-state index in [1.165, 1.54) is 43.5 Å². The van der Waals surface area contributed by atoms with Crippen LogP contribution in [0.15, 0.2) is 53.4 Å². The Balaban J connectivity index is 2.03. The zero-order valence-electron chi connectivity index (χ0n) is 12.9. The van der Waals surface area contributed by atoms with E-state index in [4.69, 9.17) is 22.1 Å². The second kappa shape index (κ2) is 6.11. The number of hydrogen-bond acceptors (Lipinski definition) is 4. The summed E-state index contributed by atoms with van der Waals surface area (Å²) in [4.78, 5) is 0.140. The molecule has 1 fully saturated rings. The van der Waals surface area contributed by atoms with Gasteiger partial charge in [-0.25, -0.2) is 12.8 Å². The summed E-state index contributed by atoms with van der Waals surface area (Å²) in [6.07, 6.45) is 0. The molecule has 0 aromatic heterocycles. The number of ether oxygens (including phenoxy) is 1. The van der Waals surface area contributed by atoms with Gasteiger partial charge in [-0.15, -0.1) is 0 Å². The number of hydrogen-bond donors (Lipinski definition) is 1. The van der Waals surface area contributed by atoms with Crippen LogP contribution in [0, 0.1) is 5.82 Å². The van der Waals surface area contributed by atoms with Gasteiger partial charge in [-0.2, -0.15) is 0 Å². The van der Waals surface area contributed by atoms with Crippen molar-refractivity contribution in [2.24, 2.45) is 5.73 Å². The molecule has 0 bridgehead atoms. The monoisotopic (exact) mass is 369 g/mol. The Morgan fingerprint density at radius 3 is 2.50 bits per heavy atom. The van der Waals surface area contributed by atoms with Crippen molar-refractivity contribution >= 4 is 21.4 Å². The molecular formula is C17H17ClFNO3S. The van der Waals surface area contributed by atoms with Crippen LogP contribution in [-0.2, 0) is 14.6 Å². The Morgan fingerprint density at radius 2 is 1.92 bits per heavy atom. The third-order valence-electron chi connectivity index (χ3n) is 4.38. The second-order valence-corrected chi connectivity index (χ2v) is 8.50. The lowest BCUT2D eigenvalue weighted by molar-refractivity contribution is 0.171. The molecule has 0 saturated heterocycles. The quantitative estimate of drug-likeness (QED) is 0.879. The predicted octanol–water partition coefficient (Wildman–Crippen LogP) is 2.76. The molecule has 0 aliphatic heterocycles. The van der Waals surface area contributed by atoms with Gasteiger partial charge in [0.05, 0.1) is 22.3 Å². The average molecular weight is 370 g/mol. The molecule has 0 unspecified atom stereocenters. The lowest BCUT2D eigenvalue weighted by atomic mass is 10.1. The number of benzene rings is 2. The van der Waals surface area contributed by atoms with Gasteiger partial charge in [0.2, 0.25) is 0 Å². The van der Waals surface area contributed by atoms with E-state index in [0.717, 1.165) is 0 Å². The third kappa shape index (κ3) is 2.84. The van der Waals surface area contributed by atoms with E-state index in [2.05, 4.69) is 0 Å². The minimum atomic E-state index is -3.71. The number of methoxy groups -OCH3 is 1. The highest BCUT2D eigenvalue weighted by Crippen LogP contribution is 2.55. The van der Waals surface area contributed by atoms with E-state index >= 15 is 0 Å². The Morgan fingerprint density at radius 1 is 1.25 bits per heavy atom. The first kappa shape index (κ1) is 17.4. The summed E-state index contributed by atoms with van der Waals surface area (Å²) in [5, 5.41) is -0.435. The zero-order chi connectivity index (χ0) is 17.5. The van der Waals surface area contributed by atoms with E-state index < -0.39 is 32.4 Å². The maximum absolute atomic E-state index is 13.5. The molecule has 2 aromatic carbocycles. The maximum atomic E-state index is 13.5. The van der Waals surface area contributed by atoms with E-state index in [9.17, 15) is 12.8 Å². The summed E-state index contributed by atoms with van der Waals surface area (Å²) in [6.45, 7) is 0.0612. The largest absolute Gasteiger partial charge is 0.383 e. The highest BCUT2D eigenvalue weighted by molar-refractivity contribution is 7.92. The molecule has 0 spiro atoms. The van der Waals surface area contributed by atoms with E-state index in [-0.39, 0.29) is 11.5 Å². The molecule has 2 N–H and O–H groups in total. The standard InChI is InChI=1S/C17H17ClFNO3S/c1-23-10-17(20)15(11-3-2-4-13(19)9-11)16(17)24(21,22)14-7-5-12(18)6-8-14/h2-9,15-16H,10,20H2,1H3/t15-,16+,17-/m0/s1. The van der Waals surface area contributed by atoms with E-state index in [1.54, 1.807) is 12.1 Å². The van der Waals surface area contributed by atoms with Crippen molar-refractivity contribution in [2.45, 2.75) is 21.6 Å². The van der Waals surface area contributed by atoms with Crippen molar-refractivity contribution in [2.75, 3.05) is 13.7 Å². The van der Waals surface area contributed by atoms with Gasteiger partial charge in [0, 0.05) is 18.1 Å². The van der Waals surface area contributed by atoms with Crippen LogP contribution >= 0.6 is 11.6 Å². The zero-order valence-corrected chi connectivity index (χ0v) is 14.5. The topological polar surface area (TPSA) is 69.4 Å². The molecular weight excluding hydrogens is 353 g/mol. The summed E-state index contributed by atoms with van der Waals surface area (Å²) in [6, 6.07) is 11.8. The van der Waals surface area contributed by atoms with Gasteiger partial charge < -0.3 is 10.5 Å². The molecule has 4 nitrogen and oxygen atoms in total. The number of rotatable bonds is 5. The molecule has 128 valence electrons. The van der Waals surface area contributed by atoms with Gasteiger partial charge in [-0.05, 0) is 42.0 Å². The van der Waals surface area contributed by atoms with Gasteiger partial charge in [-0.3, -0.25) is 0 Å². The van der Waals surface area contributed by atoms with Gasteiger partial charge >= 0.3 is 0 Å². The summed E-state index contributed by atoms with van der Waals surface area (Å²) < 4.78 is 44.7. The summed E-state index contributed by atoms with van der Waals surface area (Å²) >= 11 is 5.82. The highest BCUT2D eigenvalue weighted by atomic mass is 35.5. The van der Waals surface area contributed by atoms with Crippen LogP contribution in [0.3, 0.4) is 0 Å². The minimum Gasteiger partial charge on any atom is -0.383 e. The van der Waals surface area contributed by atoms with Crippen molar-refractivity contribution in [1.29, 1.82) is 0 Å². The van der Waals surface area contributed by atoms with Gasteiger partial charge in [0.15, 0.2) is 9.84 Å². The Kier molecular flexibility index (Phi) is 4.42. The van der Waals surface area contributed by atoms with E-state index in [1.807, 2.05) is 0 Å². The van der Waals surface area contributed by atoms with Gasteiger partial charge in [0.1, 0.15) is 5.82 Å². The fourth-order valence-electron chi connectivity index (χ4n) is 3.27. The smallest absolute Gasteiger partial charge is 0.183 e. The molecule has 3 atom stereocenters. The number of halogens is 2. The van der Waals surface area contributed by atoms with Crippen LogP contribution in [0.2, 0.25) is 5.02 Å². The molecule has 3 rings (SSSR count). The van der Waals surface area contributed by atoms with Crippen LogP contribution in [0.5, 0.6) is 0 Å². The molecule has 24 heavy (non-hydrogen) atoms. The summed E-state index contributed by atoms with van der Waals surface area (Å²) in [5.41, 5.74) is 5.79. The Bertz CT molecular complexity index is 856. The Hall–Kier alpha value is -1.47. The summed E-state index contributed by atoms with van der Waals surface area (Å²) in [5.74, 6) is -0.962.